The van der Waals surface area contributed by atoms with Gasteiger partial charge >= 0.3 is 24.4 Å². The van der Waals surface area contributed by atoms with E-state index in [1.165, 1.54) is 25.9 Å². The van der Waals surface area contributed by atoms with Gasteiger partial charge in [0.15, 0.2) is 0 Å². The summed E-state index contributed by atoms with van der Waals surface area (Å²) in [6.07, 6.45) is -9.54. The van der Waals surface area contributed by atoms with Gasteiger partial charge in [-0.3, -0.25) is 14.7 Å². The average molecular weight is 739 g/mol. The van der Waals surface area contributed by atoms with Crippen LogP contribution in [0, 0.1) is 5.41 Å². The smallest absolute Gasteiger partial charge is 0.416 e. The third kappa shape index (κ3) is 8.07. The lowest BCUT2D eigenvalue weighted by Gasteiger charge is -2.47. The van der Waals surface area contributed by atoms with E-state index in [1.54, 1.807) is 37.4 Å². The number of carboxylic acid groups (broad SMARTS) is 1. The molecule has 2 aliphatic heterocycles. The molecule has 2 aromatic carbocycles. The fourth-order valence-electron chi connectivity index (χ4n) is 6.43. The molecular formula is C36H40F6N4O6. The van der Waals surface area contributed by atoms with Crippen LogP contribution in [-0.4, -0.2) is 67.8 Å². The van der Waals surface area contributed by atoms with Crippen molar-refractivity contribution < 1.29 is 55.2 Å². The fraction of sp³-hybridized carbons (Fsp3) is 0.472. The van der Waals surface area contributed by atoms with Crippen molar-refractivity contribution in [1.82, 2.24) is 4.98 Å². The molecule has 0 aliphatic carbocycles. The second-order valence-electron chi connectivity index (χ2n) is 13.6. The highest BCUT2D eigenvalue weighted by Crippen LogP contribution is 2.48. The van der Waals surface area contributed by atoms with Gasteiger partial charge in [0.25, 0.3) is 0 Å². The van der Waals surface area contributed by atoms with Crippen LogP contribution in [0.2, 0.25) is 0 Å². The molecule has 0 radical (unpaired) electrons. The molecule has 2 atom stereocenters. The largest absolute Gasteiger partial charge is 0.497 e. The van der Waals surface area contributed by atoms with E-state index >= 15 is 0 Å². The molecule has 1 aromatic heterocycles. The number of anilines is 2. The van der Waals surface area contributed by atoms with Gasteiger partial charge in [-0.2, -0.15) is 26.3 Å². The highest BCUT2D eigenvalue weighted by Gasteiger charge is 2.47. The minimum absolute atomic E-state index is 0.00832. The topological polar surface area (TPSA) is 127 Å². The normalized spacial score (nSPS) is 19.6. The van der Waals surface area contributed by atoms with E-state index in [9.17, 15) is 41.0 Å². The first kappa shape index (κ1) is 38.7. The molecule has 3 aromatic rings. The Morgan fingerprint density at radius 2 is 1.65 bits per heavy atom. The van der Waals surface area contributed by atoms with Gasteiger partial charge in [-0.05, 0) is 92.3 Å². The van der Waals surface area contributed by atoms with Crippen molar-refractivity contribution in [2.75, 3.05) is 49.8 Å². The van der Waals surface area contributed by atoms with Gasteiger partial charge in [-0.25, -0.2) is 4.79 Å². The van der Waals surface area contributed by atoms with Crippen LogP contribution in [-0.2, 0) is 33.0 Å². The molecule has 16 heteroatoms. The van der Waals surface area contributed by atoms with Crippen LogP contribution in [0.4, 0.5) is 42.5 Å². The molecule has 0 spiro atoms. The van der Waals surface area contributed by atoms with Crippen LogP contribution in [0.15, 0.2) is 48.7 Å². The van der Waals surface area contributed by atoms with Crippen LogP contribution in [0.1, 0.15) is 73.0 Å². The van der Waals surface area contributed by atoms with Crippen LogP contribution >= 0.6 is 0 Å². The summed E-state index contributed by atoms with van der Waals surface area (Å²) >= 11 is 0. The number of halogens is 6. The summed E-state index contributed by atoms with van der Waals surface area (Å²) in [4.78, 5) is 33.5. The number of hydrogen-bond acceptors (Lipinski definition) is 8. The lowest BCUT2D eigenvalue weighted by molar-refractivity contribution is -0.149. The SMILES string of the molecule is CC[C@]1(N)C[C@H](c2ncc(N3CCOCC3)cc2Cc2cc(C(F)(F)F)cc(C(F)(F)F)c2)c2cc(OC)ccc2N1C(=O)OCC(C)(C)C(=O)O. The van der Waals surface area contributed by atoms with Gasteiger partial charge in [0, 0.05) is 19.0 Å². The summed E-state index contributed by atoms with van der Waals surface area (Å²) in [6, 6.07) is 8.04. The number of aliphatic carboxylic acids is 1. The number of ether oxygens (including phenoxy) is 3. The quantitative estimate of drug-likeness (QED) is 0.219. The van der Waals surface area contributed by atoms with Crippen molar-refractivity contribution >= 4 is 23.4 Å². The second kappa shape index (κ2) is 14.5. The highest BCUT2D eigenvalue weighted by atomic mass is 19.4. The van der Waals surface area contributed by atoms with Gasteiger partial charge in [0.05, 0.1) is 60.1 Å². The van der Waals surface area contributed by atoms with Crippen LogP contribution in [0.25, 0.3) is 0 Å². The van der Waals surface area contributed by atoms with Gasteiger partial charge in [-0.15, -0.1) is 0 Å². The number of benzene rings is 2. The monoisotopic (exact) mass is 738 g/mol. The number of nitrogens with two attached hydrogens (primary N) is 1. The van der Waals surface area contributed by atoms with Crippen molar-refractivity contribution in [3.63, 3.8) is 0 Å². The molecule has 0 bridgehead atoms. The number of hydrogen-bond donors (Lipinski definition) is 2. The number of fused-ring (bicyclic) bond motifs is 1. The first-order chi connectivity index (χ1) is 24.3. The Bertz CT molecular complexity index is 1780. The summed E-state index contributed by atoms with van der Waals surface area (Å²) in [5.74, 6) is -1.51. The number of carbonyl (C=O) groups excluding carboxylic acids is 1. The van der Waals surface area contributed by atoms with Crippen molar-refractivity contribution in [2.45, 2.75) is 64.0 Å². The summed E-state index contributed by atoms with van der Waals surface area (Å²) < 4.78 is 99.7. The number of aromatic nitrogens is 1. The standard InChI is InChI=1S/C36H40F6N4O6/c1-5-34(43)18-28(27-17-26(50-4)6-7-29(27)46(34)32(49)52-20-33(2,3)31(47)48)30-22(15-25(19-44-30)45-8-10-51-11-9-45)12-21-13-23(35(37,38)39)16-24(14-21)36(40,41)42/h6-7,13-17,19,28H,5,8-12,18,20,43H2,1-4H3,(H,47,48)/t28-,34+/m0/s1. The van der Waals surface area contributed by atoms with Crippen molar-refractivity contribution in [3.05, 3.63) is 82.2 Å². The molecule has 3 N–H and O–H groups in total. The average Bonchev–Trinajstić information content (AvgIpc) is 3.09. The molecule has 10 nitrogen and oxygen atoms in total. The summed E-state index contributed by atoms with van der Waals surface area (Å²) in [5.41, 5.74) is 3.10. The number of carbonyl (C=O) groups is 2. The summed E-state index contributed by atoms with van der Waals surface area (Å²) in [5, 5.41) is 9.56. The van der Waals surface area contributed by atoms with E-state index in [1.807, 2.05) is 4.90 Å². The number of carboxylic acids is 1. The number of amides is 1. The number of alkyl halides is 6. The number of methoxy groups -OCH3 is 1. The Balaban J connectivity index is 1.67. The van der Waals surface area contributed by atoms with E-state index in [4.69, 9.17) is 24.9 Å². The Kier molecular flexibility index (Phi) is 10.7. The van der Waals surface area contributed by atoms with Gasteiger partial charge in [-0.1, -0.05) is 6.92 Å². The fourth-order valence-corrected chi connectivity index (χ4v) is 6.43. The Labute approximate surface area is 296 Å². The van der Waals surface area contributed by atoms with E-state index in [0.29, 0.717) is 72.4 Å². The summed E-state index contributed by atoms with van der Waals surface area (Å²) in [6.45, 7) is 5.89. The van der Waals surface area contributed by atoms with Gasteiger partial charge < -0.3 is 30.0 Å². The van der Waals surface area contributed by atoms with Crippen molar-refractivity contribution in [2.24, 2.45) is 11.1 Å². The molecular weight excluding hydrogens is 698 g/mol. The van der Waals surface area contributed by atoms with Crippen LogP contribution in [0.3, 0.4) is 0 Å². The minimum Gasteiger partial charge on any atom is -0.497 e. The molecule has 5 rings (SSSR count). The predicted octanol–water partition coefficient (Wildman–Crippen LogP) is 7.21. The maximum Gasteiger partial charge on any atom is 0.416 e. The van der Waals surface area contributed by atoms with Gasteiger partial charge in [0.2, 0.25) is 0 Å². The molecule has 0 saturated carbocycles. The zero-order valence-electron chi connectivity index (χ0n) is 29.0. The molecule has 1 saturated heterocycles. The van der Waals surface area contributed by atoms with Crippen LogP contribution in [0.5, 0.6) is 5.75 Å². The molecule has 0 unspecified atom stereocenters. The molecule has 52 heavy (non-hydrogen) atoms. The van der Waals surface area contributed by atoms with E-state index in [0.717, 1.165) is 0 Å². The maximum atomic E-state index is 13.9. The zero-order valence-corrected chi connectivity index (χ0v) is 29.0. The first-order valence-electron chi connectivity index (χ1n) is 16.5. The number of pyridine rings is 1. The van der Waals surface area contributed by atoms with Gasteiger partial charge in [0.1, 0.15) is 18.0 Å². The number of morpholine rings is 1. The van der Waals surface area contributed by atoms with Crippen LogP contribution < -0.4 is 20.3 Å². The predicted molar refractivity (Wildman–Crippen MR) is 178 cm³/mol. The zero-order chi connectivity index (χ0) is 38.2. The molecule has 3 heterocycles. The third-order valence-electron chi connectivity index (χ3n) is 9.52. The Morgan fingerprint density at radius 1 is 1.02 bits per heavy atom. The van der Waals surface area contributed by atoms with E-state index in [2.05, 4.69) is 0 Å². The lowest BCUT2D eigenvalue weighted by atomic mass is 9.77. The first-order valence-corrected chi connectivity index (χ1v) is 16.5. The third-order valence-corrected chi connectivity index (χ3v) is 9.52. The molecule has 1 amide bonds. The van der Waals surface area contributed by atoms with Crippen molar-refractivity contribution in [1.29, 1.82) is 0 Å². The lowest BCUT2D eigenvalue weighted by Crippen LogP contribution is -2.62. The van der Waals surface area contributed by atoms with E-state index in [-0.39, 0.29) is 30.9 Å². The minimum atomic E-state index is -5.04. The van der Waals surface area contributed by atoms with Crippen molar-refractivity contribution in [3.8, 4) is 5.75 Å². The Morgan fingerprint density at radius 3 is 2.21 bits per heavy atom. The number of nitrogens with zero attached hydrogens (tertiary/aromatic N) is 3. The molecule has 2 aliphatic rings. The van der Waals surface area contributed by atoms with E-state index < -0.39 is 59.1 Å². The highest BCUT2D eigenvalue weighted by molar-refractivity contribution is 5.92. The number of rotatable bonds is 9. The second-order valence-corrected chi connectivity index (χ2v) is 13.6. The molecule has 282 valence electrons. The Hall–Kier alpha value is -4.57. The summed E-state index contributed by atoms with van der Waals surface area (Å²) in [7, 11) is 1.44. The maximum absolute atomic E-state index is 13.9. The molecule has 1 fully saturated rings.